The summed E-state index contributed by atoms with van der Waals surface area (Å²) in [6.45, 7) is 3.90. The van der Waals surface area contributed by atoms with Crippen molar-refractivity contribution in [2.75, 3.05) is 6.61 Å². The monoisotopic (exact) mass is 319 g/mol. The molecule has 0 saturated carbocycles. The number of aryl methyl sites for hydroxylation is 1. The highest BCUT2D eigenvalue weighted by atomic mass is 32.2. The van der Waals surface area contributed by atoms with Crippen LogP contribution in [0.25, 0.3) is 0 Å². The van der Waals surface area contributed by atoms with Crippen LogP contribution in [0.1, 0.15) is 18.9 Å². The number of dihydropyridines is 1. The molecule has 0 amide bonds. The predicted molar refractivity (Wildman–Crippen MR) is 81.3 cm³/mol. The molecule has 1 aliphatic heterocycles. The van der Waals surface area contributed by atoms with Crippen LogP contribution in [0.4, 0.5) is 0 Å². The molecule has 0 fully saturated rings. The van der Waals surface area contributed by atoms with Crippen molar-refractivity contribution >= 4 is 15.8 Å². The molecule has 1 atom stereocenters. The molecule has 5 nitrogen and oxygen atoms in total. The quantitative estimate of drug-likeness (QED) is 0.860. The second kappa shape index (κ2) is 5.28. The predicted octanol–water partition coefficient (Wildman–Crippen LogP) is 2.05. The van der Waals surface area contributed by atoms with Crippen LogP contribution in [-0.4, -0.2) is 21.0 Å². The van der Waals surface area contributed by atoms with E-state index in [1.54, 1.807) is 31.2 Å². The lowest BCUT2D eigenvalue weighted by atomic mass is 10.1. The maximum atomic E-state index is 12.8. The first-order valence-electron chi connectivity index (χ1n) is 7.13. The van der Waals surface area contributed by atoms with E-state index >= 15 is 0 Å². The molecule has 1 aromatic rings. The molecule has 1 heterocycles. The Morgan fingerprint density at radius 2 is 2.00 bits per heavy atom. The lowest BCUT2D eigenvalue weighted by Crippen LogP contribution is -2.20. The fraction of sp³-hybridized carbons (Fsp3) is 0.312. The molecule has 2 bridgehead atoms. The summed E-state index contributed by atoms with van der Waals surface area (Å²) >= 11 is 0. The molecular weight excluding hydrogens is 302 g/mol. The first kappa shape index (κ1) is 14.8. The number of allylic oxidation sites excluding steroid dienone is 1. The summed E-state index contributed by atoms with van der Waals surface area (Å²) in [5, 5.41) is 3.02. The van der Waals surface area contributed by atoms with Crippen molar-refractivity contribution in [1.82, 2.24) is 5.32 Å². The SMILES string of the molecule is CCOC(=O)C1C2=CCC1=C(S(=O)(=O)c1ccc(C)cc1)N2. The fourth-order valence-corrected chi connectivity index (χ4v) is 4.30. The lowest BCUT2D eigenvalue weighted by Gasteiger charge is -2.11. The molecule has 1 N–H and O–H groups in total. The summed E-state index contributed by atoms with van der Waals surface area (Å²) in [7, 11) is -3.65. The average Bonchev–Trinajstić information content (AvgIpc) is 3.06. The molecule has 0 aromatic heterocycles. The number of carbonyl (C=O) groups is 1. The van der Waals surface area contributed by atoms with E-state index in [0.29, 0.717) is 17.7 Å². The van der Waals surface area contributed by atoms with E-state index in [1.807, 2.05) is 13.0 Å². The highest BCUT2D eigenvalue weighted by molar-refractivity contribution is 7.95. The van der Waals surface area contributed by atoms with Crippen LogP contribution >= 0.6 is 0 Å². The van der Waals surface area contributed by atoms with E-state index in [-0.39, 0.29) is 16.5 Å². The number of carbonyl (C=O) groups excluding carboxylic acids is 1. The van der Waals surface area contributed by atoms with E-state index in [0.717, 1.165) is 5.56 Å². The van der Waals surface area contributed by atoms with Crippen LogP contribution < -0.4 is 5.32 Å². The Balaban J connectivity index is 2.00. The van der Waals surface area contributed by atoms with Gasteiger partial charge in [0.25, 0.3) is 0 Å². The number of hydrogen-bond acceptors (Lipinski definition) is 5. The molecule has 1 aromatic carbocycles. The largest absolute Gasteiger partial charge is 0.465 e. The van der Waals surface area contributed by atoms with Gasteiger partial charge in [0.1, 0.15) is 10.9 Å². The number of hydrogen-bond donors (Lipinski definition) is 1. The van der Waals surface area contributed by atoms with Crippen LogP contribution in [0.5, 0.6) is 0 Å². The van der Waals surface area contributed by atoms with Crippen molar-refractivity contribution in [2.45, 2.75) is 25.2 Å². The molecule has 116 valence electrons. The summed E-state index contributed by atoms with van der Waals surface area (Å²) in [6, 6.07) is 6.68. The van der Waals surface area contributed by atoms with Crippen LogP contribution in [0, 0.1) is 12.8 Å². The van der Waals surface area contributed by atoms with Crippen molar-refractivity contribution in [3.8, 4) is 0 Å². The Bertz CT molecular complexity index is 788. The van der Waals surface area contributed by atoms with Gasteiger partial charge < -0.3 is 10.1 Å². The minimum atomic E-state index is -3.65. The zero-order valence-corrected chi connectivity index (χ0v) is 13.2. The number of fused-ring (bicyclic) bond motifs is 2. The van der Waals surface area contributed by atoms with Gasteiger partial charge in [-0.25, -0.2) is 8.42 Å². The van der Waals surface area contributed by atoms with Crippen molar-refractivity contribution in [3.63, 3.8) is 0 Å². The van der Waals surface area contributed by atoms with Gasteiger partial charge in [-0.05, 0) is 38.0 Å². The molecule has 2 aliphatic rings. The third kappa shape index (κ3) is 2.23. The summed E-state index contributed by atoms with van der Waals surface area (Å²) in [5.74, 6) is -1.00. The number of rotatable bonds is 4. The summed E-state index contributed by atoms with van der Waals surface area (Å²) in [5.41, 5.74) is 2.18. The zero-order valence-electron chi connectivity index (χ0n) is 12.4. The van der Waals surface area contributed by atoms with Crippen LogP contribution in [0.3, 0.4) is 0 Å². The smallest absolute Gasteiger partial charge is 0.319 e. The normalized spacial score (nSPS) is 19.9. The van der Waals surface area contributed by atoms with Crippen LogP contribution in [0.2, 0.25) is 0 Å². The van der Waals surface area contributed by atoms with Gasteiger partial charge in [0, 0.05) is 5.70 Å². The maximum Gasteiger partial charge on any atom is 0.319 e. The Morgan fingerprint density at radius 1 is 1.32 bits per heavy atom. The van der Waals surface area contributed by atoms with Gasteiger partial charge in [-0.1, -0.05) is 23.8 Å². The average molecular weight is 319 g/mol. The molecule has 3 rings (SSSR count). The van der Waals surface area contributed by atoms with Gasteiger partial charge in [0.05, 0.1) is 11.5 Å². The topological polar surface area (TPSA) is 72.5 Å². The number of sulfone groups is 1. The number of ether oxygens (including phenoxy) is 1. The summed E-state index contributed by atoms with van der Waals surface area (Å²) < 4.78 is 30.6. The van der Waals surface area contributed by atoms with Gasteiger partial charge in [0.15, 0.2) is 0 Å². The Morgan fingerprint density at radius 3 is 2.64 bits per heavy atom. The Labute approximate surface area is 129 Å². The molecule has 1 unspecified atom stereocenters. The molecular formula is C16H17NO4S. The van der Waals surface area contributed by atoms with E-state index < -0.39 is 21.7 Å². The van der Waals surface area contributed by atoms with Crippen molar-refractivity contribution in [3.05, 3.63) is 52.2 Å². The number of benzene rings is 1. The van der Waals surface area contributed by atoms with E-state index in [4.69, 9.17) is 4.74 Å². The molecule has 0 radical (unpaired) electrons. The third-order valence-corrected chi connectivity index (χ3v) is 5.67. The fourth-order valence-electron chi connectivity index (χ4n) is 2.77. The van der Waals surface area contributed by atoms with Gasteiger partial charge >= 0.3 is 5.97 Å². The third-order valence-electron chi connectivity index (χ3n) is 3.87. The number of nitrogens with one attached hydrogen (secondary N) is 1. The highest BCUT2D eigenvalue weighted by Gasteiger charge is 2.44. The molecule has 22 heavy (non-hydrogen) atoms. The lowest BCUT2D eigenvalue weighted by molar-refractivity contribution is -0.145. The van der Waals surface area contributed by atoms with Gasteiger partial charge in [-0.15, -0.1) is 0 Å². The van der Waals surface area contributed by atoms with Crippen molar-refractivity contribution in [2.24, 2.45) is 5.92 Å². The van der Waals surface area contributed by atoms with Gasteiger partial charge in [-0.2, -0.15) is 0 Å². The van der Waals surface area contributed by atoms with E-state index in [9.17, 15) is 13.2 Å². The summed E-state index contributed by atoms with van der Waals surface area (Å²) in [4.78, 5) is 12.3. The first-order chi connectivity index (χ1) is 10.4. The Kier molecular flexibility index (Phi) is 3.56. The Hall–Kier alpha value is -2.08. The van der Waals surface area contributed by atoms with E-state index in [1.165, 1.54) is 0 Å². The van der Waals surface area contributed by atoms with Gasteiger partial charge in [-0.3, -0.25) is 4.79 Å². The second-order valence-corrected chi connectivity index (χ2v) is 7.23. The minimum absolute atomic E-state index is 0.131. The molecule has 6 heteroatoms. The van der Waals surface area contributed by atoms with Crippen LogP contribution in [-0.2, 0) is 19.4 Å². The van der Waals surface area contributed by atoms with Crippen molar-refractivity contribution in [1.29, 1.82) is 0 Å². The van der Waals surface area contributed by atoms with Crippen LogP contribution in [0.15, 0.2) is 51.5 Å². The van der Waals surface area contributed by atoms with E-state index in [2.05, 4.69) is 5.32 Å². The molecule has 0 saturated heterocycles. The number of esters is 1. The highest BCUT2D eigenvalue weighted by Crippen LogP contribution is 2.42. The molecule has 1 aliphatic carbocycles. The zero-order chi connectivity index (χ0) is 15.9. The molecule has 0 spiro atoms. The van der Waals surface area contributed by atoms with Gasteiger partial charge in [0.2, 0.25) is 9.84 Å². The second-order valence-electron chi connectivity index (χ2n) is 5.34. The minimum Gasteiger partial charge on any atom is -0.465 e. The maximum absolute atomic E-state index is 12.8. The van der Waals surface area contributed by atoms with Crippen molar-refractivity contribution < 1.29 is 17.9 Å². The summed E-state index contributed by atoms with van der Waals surface area (Å²) in [6.07, 6.45) is 2.30. The first-order valence-corrected chi connectivity index (χ1v) is 8.62. The standard InChI is InChI=1S/C16H17NO4S/c1-3-21-16(18)14-12-8-9-13(14)17-15(12)22(19,20)11-6-4-10(2)5-7-11/h4-7,9,14,17H,3,8H2,1-2H3.